The maximum absolute atomic E-state index is 13.0. The number of nitrogens with one attached hydrogen (secondary N) is 2. The summed E-state index contributed by atoms with van der Waals surface area (Å²) in [6, 6.07) is 16.0. The minimum Gasteiger partial charge on any atom is -0.322 e. The van der Waals surface area contributed by atoms with E-state index in [1.54, 1.807) is 41.2 Å². The molecule has 1 aliphatic rings. The van der Waals surface area contributed by atoms with Crippen molar-refractivity contribution < 1.29 is 9.59 Å². The van der Waals surface area contributed by atoms with Gasteiger partial charge in [-0.3, -0.25) is 14.3 Å². The Morgan fingerprint density at radius 3 is 2.41 bits per heavy atom. The SMILES string of the molecule is Cn1ccc(NC(=O)C2(c3ccc(NC(=O)c4cccc(Cl)c4)cc3)CCC2)n1. The third-order valence-corrected chi connectivity index (χ3v) is 5.61. The summed E-state index contributed by atoms with van der Waals surface area (Å²) < 4.78 is 1.65. The van der Waals surface area contributed by atoms with Crippen molar-refractivity contribution >= 4 is 34.9 Å². The molecule has 2 N–H and O–H groups in total. The van der Waals surface area contributed by atoms with Gasteiger partial charge in [-0.1, -0.05) is 36.2 Å². The van der Waals surface area contributed by atoms with Crippen LogP contribution in [0.3, 0.4) is 0 Å². The first-order chi connectivity index (χ1) is 14.0. The normalized spacial score (nSPS) is 14.7. The van der Waals surface area contributed by atoms with Gasteiger partial charge >= 0.3 is 0 Å². The molecule has 0 unspecified atom stereocenters. The molecule has 148 valence electrons. The van der Waals surface area contributed by atoms with Crippen molar-refractivity contribution in [2.75, 3.05) is 10.6 Å². The number of halogens is 1. The van der Waals surface area contributed by atoms with E-state index in [1.165, 1.54) is 0 Å². The lowest BCUT2D eigenvalue weighted by Crippen LogP contribution is -2.46. The highest BCUT2D eigenvalue weighted by atomic mass is 35.5. The van der Waals surface area contributed by atoms with Crippen LogP contribution >= 0.6 is 11.6 Å². The highest BCUT2D eigenvalue weighted by Gasteiger charge is 2.45. The molecule has 1 heterocycles. The molecule has 0 saturated heterocycles. The van der Waals surface area contributed by atoms with E-state index in [-0.39, 0.29) is 11.8 Å². The quantitative estimate of drug-likeness (QED) is 0.657. The number of hydrogen-bond acceptors (Lipinski definition) is 3. The van der Waals surface area contributed by atoms with Crippen molar-refractivity contribution in [3.05, 3.63) is 76.9 Å². The van der Waals surface area contributed by atoms with Gasteiger partial charge in [-0.25, -0.2) is 0 Å². The number of benzene rings is 2. The lowest BCUT2D eigenvalue weighted by Gasteiger charge is -2.40. The third kappa shape index (κ3) is 3.89. The van der Waals surface area contributed by atoms with Crippen LogP contribution < -0.4 is 10.6 Å². The fourth-order valence-corrected chi connectivity index (χ4v) is 3.79. The number of carbonyl (C=O) groups is 2. The first kappa shape index (κ1) is 19.2. The average molecular weight is 409 g/mol. The number of carbonyl (C=O) groups excluding carboxylic acids is 2. The lowest BCUT2D eigenvalue weighted by molar-refractivity contribution is -0.124. The van der Waals surface area contributed by atoms with Crippen LogP contribution in [0.1, 0.15) is 35.2 Å². The summed E-state index contributed by atoms with van der Waals surface area (Å²) in [7, 11) is 1.81. The highest BCUT2D eigenvalue weighted by Crippen LogP contribution is 2.44. The molecule has 3 aromatic rings. The zero-order chi connectivity index (χ0) is 20.4. The monoisotopic (exact) mass is 408 g/mol. The summed E-state index contributed by atoms with van der Waals surface area (Å²) in [6.07, 6.45) is 4.38. The van der Waals surface area contributed by atoms with Crippen LogP contribution in [0.4, 0.5) is 11.5 Å². The number of anilines is 2. The highest BCUT2D eigenvalue weighted by molar-refractivity contribution is 6.31. The molecule has 1 aliphatic carbocycles. The Morgan fingerprint density at radius 2 is 1.83 bits per heavy atom. The van der Waals surface area contributed by atoms with E-state index in [4.69, 9.17) is 11.6 Å². The predicted molar refractivity (Wildman–Crippen MR) is 113 cm³/mol. The van der Waals surface area contributed by atoms with Gasteiger partial charge in [0.1, 0.15) is 0 Å². The topological polar surface area (TPSA) is 76.0 Å². The van der Waals surface area contributed by atoms with Gasteiger partial charge in [-0.15, -0.1) is 0 Å². The molecule has 0 aliphatic heterocycles. The molecule has 2 aromatic carbocycles. The number of nitrogens with zero attached hydrogens (tertiary/aromatic N) is 2. The number of amides is 2. The van der Waals surface area contributed by atoms with Crippen molar-refractivity contribution in [1.82, 2.24) is 9.78 Å². The maximum atomic E-state index is 13.0. The summed E-state index contributed by atoms with van der Waals surface area (Å²) in [5.74, 6) is 0.277. The second-order valence-electron chi connectivity index (χ2n) is 7.31. The molecule has 29 heavy (non-hydrogen) atoms. The summed E-state index contributed by atoms with van der Waals surface area (Å²) in [6.45, 7) is 0. The fraction of sp³-hybridized carbons (Fsp3) is 0.227. The van der Waals surface area contributed by atoms with E-state index in [9.17, 15) is 9.59 Å². The van der Waals surface area contributed by atoms with Gasteiger partial charge in [0.05, 0.1) is 5.41 Å². The standard InChI is InChI=1S/C22H21ClN4O2/c1-27-13-10-19(26-27)25-21(29)22(11-3-12-22)16-6-8-18(9-7-16)24-20(28)15-4-2-5-17(23)14-15/h2,4-10,13-14H,3,11-12H2,1H3,(H,24,28)(H,25,26,29). The second kappa shape index (κ2) is 7.72. The number of aromatic nitrogens is 2. The number of aryl methyl sites for hydroxylation is 1. The van der Waals surface area contributed by atoms with Crippen LogP contribution in [0.2, 0.25) is 5.02 Å². The molecule has 0 atom stereocenters. The molecule has 4 rings (SSSR count). The Kier molecular flexibility index (Phi) is 5.11. The largest absolute Gasteiger partial charge is 0.322 e. The molecule has 0 radical (unpaired) electrons. The average Bonchev–Trinajstić information content (AvgIpc) is 3.07. The van der Waals surface area contributed by atoms with E-state index in [0.29, 0.717) is 22.1 Å². The van der Waals surface area contributed by atoms with E-state index in [0.717, 1.165) is 24.8 Å². The molecule has 1 fully saturated rings. The van der Waals surface area contributed by atoms with Gasteiger partial charge in [-0.2, -0.15) is 5.10 Å². The minimum absolute atomic E-state index is 0.0434. The summed E-state index contributed by atoms with van der Waals surface area (Å²) in [5.41, 5.74) is 1.55. The predicted octanol–water partition coefficient (Wildman–Crippen LogP) is 4.39. The Bertz CT molecular complexity index is 1050. The van der Waals surface area contributed by atoms with Crippen LogP contribution in [-0.4, -0.2) is 21.6 Å². The molecule has 6 nitrogen and oxygen atoms in total. The first-order valence-electron chi connectivity index (χ1n) is 9.45. The Hall–Kier alpha value is -3.12. The van der Waals surface area contributed by atoms with Crippen LogP contribution in [-0.2, 0) is 17.3 Å². The third-order valence-electron chi connectivity index (χ3n) is 5.38. The maximum Gasteiger partial charge on any atom is 0.255 e. The zero-order valence-electron chi connectivity index (χ0n) is 16.0. The van der Waals surface area contributed by atoms with Crippen LogP contribution in [0.25, 0.3) is 0 Å². The van der Waals surface area contributed by atoms with E-state index >= 15 is 0 Å². The lowest BCUT2D eigenvalue weighted by atomic mass is 9.64. The van der Waals surface area contributed by atoms with Crippen LogP contribution in [0.5, 0.6) is 0 Å². The Morgan fingerprint density at radius 1 is 1.07 bits per heavy atom. The molecule has 0 spiro atoms. The van der Waals surface area contributed by atoms with Crippen molar-refractivity contribution in [1.29, 1.82) is 0 Å². The molecule has 1 aromatic heterocycles. The first-order valence-corrected chi connectivity index (χ1v) is 9.83. The van der Waals surface area contributed by atoms with Crippen molar-refractivity contribution in [2.45, 2.75) is 24.7 Å². The number of rotatable bonds is 5. The molecule has 0 bridgehead atoms. The molecule has 2 amide bonds. The van der Waals surface area contributed by atoms with Gasteiger partial charge in [0.2, 0.25) is 5.91 Å². The van der Waals surface area contributed by atoms with Gasteiger partial charge < -0.3 is 10.6 Å². The number of hydrogen-bond donors (Lipinski definition) is 2. The Balaban J connectivity index is 1.48. The smallest absolute Gasteiger partial charge is 0.255 e. The van der Waals surface area contributed by atoms with Gasteiger partial charge in [-0.05, 0) is 48.7 Å². The second-order valence-corrected chi connectivity index (χ2v) is 7.74. The van der Waals surface area contributed by atoms with Crippen LogP contribution in [0.15, 0.2) is 60.8 Å². The Labute approximate surface area is 173 Å². The van der Waals surface area contributed by atoms with E-state index < -0.39 is 5.41 Å². The molecule has 1 saturated carbocycles. The fourth-order valence-electron chi connectivity index (χ4n) is 3.60. The van der Waals surface area contributed by atoms with Crippen molar-refractivity contribution in [3.63, 3.8) is 0 Å². The zero-order valence-corrected chi connectivity index (χ0v) is 16.7. The van der Waals surface area contributed by atoms with Crippen LogP contribution in [0, 0.1) is 0 Å². The molecular weight excluding hydrogens is 388 g/mol. The van der Waals surface area contributed by atoms with E-state index in [1.807, 2.05) is 31.3 Å². The molecule has 7 heteroatoms. The van der Waals surface area contributed by atoms with Crippen molar-refractivity contribution in [3.8, 4) is 0 Å². The van der Waals surface area contributed by atoms with Crippen molar-refractivity contribution in [2.24, 2.45) is 7.05 Å². The van der Waals surface area contributed by atoms with Gasteiger partial charge in [0.25, 0.3) is 5.91 Å². The summed E-state index contributed by atoms with van der Waals surface area (Å²) >= 11 is 5.95. The minimum atomic E-state index is -0.549. The van der Waals surface area contributed by atoms with Gasteiger partial charge in [0, 0.05) is 35.6 Å². The molecular formula is C22H21ClN4O2. The van der Waals surface area contributed by atoms with Gasteiger partial charge in [0.15, 0.2) is 5.82 Å². The summed E-state index contributed by atoms with van der Waals surface area (Å²) in [4.78, 5) is 25.3. The summed E-state index contributed by atoms with van der Waals surface area (Å²) in [5, 5.41) is 10.5. The van der Waals surface area contributed by atoms with E-state index in [2.05, 4.69) is 15.7 Å².